The van der Waals surface area contributed by atoms with Crippen molar-refractivity contribution < 1.29 is 16.5 Å². The normalized spacial score (nSPS) is 16.7. The summed E-state index contributed by atoms with van der Waals surface area (Å²) in [5.74, 6) is 0. The maximum absolute atomic E-state index is 6.89. The van der Waals surface area contributed by atoms with E-state index in [9.17, 15) is 0 Å². The molecule has 2 unspecified atom stereocenters. The molecule has 0 aliphatic heterocycles. The zero-order valence-corrected chi connectivity index (χ0v) is 26.7. The molecule has 0 saturated carbocycles. The van der Waals surface area contributed by atoms with E-state index in [0.717, 1.165) is 6.04 Å². The summed E-state index contributed by atoms with van der Waals surface area (Å²) in [6.45, 7) is 25.0. The topological polar surface area (TPSA) is 36.9 Å². The zero-order chi connectivity index (χ0) is 22.8. The SMILES string of the molecule is CCCC[Si](C)(C)O[SiH](C)O[Si](C)(C)O[Si](C)(CCCC)O[Si](C)(C)CCCC. The maximum Gasteiger partial charge on any atom is 0.315 e. The van der Waals surface area contributed by atoms with Gasteiger partial charge in [0.15, 0.2) is 16.6 Å². The van der Waals surface area contributed by atoms with E-state index in [1.165, 1.54) is 50.6 Å². The van der Waals surface area contributed by atoms with Crippen molar-refractivity contribution in [1.29, 1.82) is 0 Å². The van der Waals surface area contributed by atoms with Crippen molar-refractivity contribution in [2.75, 3.05) is 0 Å². The molecule has 0 aromatic rings. The molecule has 0 bridgehead atoms. The van der Waals surface area contributed by atoms with Gasteiger partial charge in [0.05, 0.1) is 0 Å². The van der Waals surface area contributed by atoms with Crippen LogP contribution in [0.3, 0.4) is 0 Å². The maximum atomic E-state index is 6.89. The first-order valence-corrected chi connectivity index (χ1v) is 25.6. The van der Waals surface area contributed by atoms with E-state index in [0.29, 0.717) is 0 Å². The van der Waals surface area contributed by atoms with Crippen molar-refractivity contribution in [3.8, 4) is 0 Å². The number of hydrogen-bond acceptors (Lipinski definition) is 4. The molecular weight excluding hydrogens is 445 g/mol. The highest BCUT2D eigenvalue weighted by atomic mass is 28.5. The first-order valence-electron chi connectivity index (χ1n) is 12.0. The molecule has 0 amide bonds. The van der Waals surface area contributed by atoms with Gasteiger partial charge in [-0.05, 0) is 70.5 Å². The van der Waals surface area contributed by atoms with Gasteiger partial charge in [-0.15, -0.1) is 0 Å². The third-order valence-corrected chi connectivity index (χ3v) is 24.6. The van der Waals surface area contributed by atoms with Gasteiger partial charge in [0.2, 0.25) is 0 Å². The lowest BCUT2D eigenvalue weighted by Crippen LogP contribution is -2.56. The lowest BCUT2D eigenvalue weighted by molar-refractivity contribution is 0.304. The molecule has 0 aromatic carbocycles. The fraction of sp³-hybridized carbons (Fsp3) is 1.00. The van der Waals surface area contributed by atoms with Crippen molar-refractivity contribution in [3.63, 3.8) is 0 Å². The van der Waals surface area contributed by atoms with Crippen LogP contribution in [0.4, 0.5) is 0 Å². The van der Waals surface area contributed by atoms with Crippen LogP contribution in [-0.4, -0.2) is 43.0 Å². The minimum Gasteiger partial charge on any atom is -0.439 e. The molecule has 0 N–H and O–H groups in total. The summed E-state index contributed by atoms with van der Waals surface area (Å²) >= 11 is 0. The summed E-state index contributed by atoms with van der Waals surface area (Å²) in [6.07, 6.45) is 7.33. The van der Waals surface area contributed by atoms with Crippen LogP contribution in [0.2, 0.25) is 70.5 Å². The largest absolute Gasteiger partial charge is 0.439 e. The van der Waals surface area contributed by atoms with Crippen LogP contribution in [0.25, 0.3) is 0 Å². The Morgan fingerprint density at radius 3 is 1.52 bits per heavy atom. The molecule has 0 saturated heterocycles. The van der Waals surface area contributed by atoms with Gasteiger partial charge >= 0.3 is 17.1 Å². The Hall–Kier alpha value is 0.924. The van der Waals surface area contributed by atoms with Gasteiger partial charge < -0.3 is 16.5 Å². The summed E-state index contributed by atoms with van der Waals surface area (Å²) in [5.41, 5.74) is 0. The monoisotopic (exact) mass is 496 g/mol. The molecule has 0 spiro atoms. The van der Waals surface area contributed by atoms with Crippen molar-refractivity contribution in [1.82, 2.24) is 0 Å². The van der Waals surface area contributed by atoms with Crippen LogP contribution in [0.15, 0.2) is 0 Å². The van der Waals surface area contributed by atoms with Crippen molar-refractivity contribution in [3.05, 3.63) is 0 Å². The van der Waals surface area contributed by atoms with Gasteiger partial charge in [0.25, 0.3) is 9.28 Å². The fourth-order valence-electron chi connectivity index (χ4n) is 3.94. The van der Waals surface area contributed by atoms with Gasteiger partial charge in [-0.2, -0.15) is 0 Å². The minimum atomic E-state index is -2.30. The lowest BCUT2D eigenvalue weighted by atomic mass is 10.4. The Morgan fingerprint density at radius 2 is 1.03 bits per heavy atom. The second-order valence-electron chi connectivity index (χ2n) is 10.4. The van der Waals surface area contributed by atoms with Crippen LogP contribution in [0.1, 0.15) is 59.3 Å². The summed E-state index contributed by atoms with van der Waals surface area (Å²) in [7, 11) is -9.61. The highest BCUT2D eigenvalue weighted by Gasteiger charge is 2.44. The number of unbranched alkanes of at least 4 members (excludes halogenated alkanes) is 3. The predicted molar refractivity (Wildman–Crippen MR) is 141 cm³/mol. The fourth-order valence-corrected chi connectivity index (χ4v) is 26.5. The highest BCUT2D eigenvalue weighted by Crippen LogP contribution is 2.29. The molecule has 0 aliphatic carbocycles. The molecule has 0 aromatic heterocycles. The lowest BCUT2D eigenvalue weighted by Gasteiger charge is -2.41. The predicted octanol–water partition coefficient (Wildman–Crippen LogP) is 7.49. The van der Waals surface area contributed by atoms with Crippen molar-refractivity contribution in [2.24, 2.45) is 0 Å². The first-order chi connectivity index (χ1) is 13.2. The van der Waals surface area contributed by atoms with Crippen LogP contribution >= 0.6 is 0 Å². The Morgan fingerprint density at radius 1 is 0.586 bits per heavy atom. The van der Waals surface area contributed by atoms with Gasteiger partial charge in [0.1, 0.15) is 0 Å². The molecule has 0 fully saturated rings. The Balaban J connectivity index is 5.09. The van der Waals surface area contributed by atoms with E-state index in [1.807, 2.05) is 0 Å². The van der Waals surface area contributed by atoms with E-state index in [2.05, 4.69) is 73.1 Å². The van der Waals surface area contributed by atoms with Crippen molar-refractivity contribution >= 4 is 43.0 Å². The Labute approximate surface area is 189 Å². The molecule has 0 heterocycles. The average Bonchev–Trinajstić information content (AvgIpc) is 2.54. The van der Waals surface area contributed by atoms with Crippen LogP contribution < -0.4 is 0 Å². The van der Waals surface area contributed by atoms with Gasteiger partial charge in [0, 0.05) is 0 Å². The first kappa shape index (κ1) is 29.9. The van der Waals surface area contributed by atoms with E-state index in [1.54, 1.807) is 0 Å². The minimum absolute atomic E-state index is 1.07. The van der Waals surface area contributed by atoms with E-state index in [-0.39, 0.29) is 0 Å². The third-order valence-electron chi connectivity index (χ3n) is 5.14. The summed E-state index contributed by atoms with van der Waals surface area (Å²) < 4.78 is 26.8. The van der Waals surface area contributed by atoms with Crippen LogP contribution in [0.5, 0.6) is 0 Å². The molecule has 9 heteroatoms. The Bertz CT molecular complexity index is 449. The van der Waals surface area contributed by atoms with E-state index in [4.69, 9.17) is 16.5 Å². The number of hydrogen-bond donors (Lipinski definition) is 0. The van der Waals surface area contributed by atoms with E-state index >= 15 is 0 Å². The highest BCUT2D eigenvalue weighted by molar-refractivity contribution is 6.88. The smallest absolute Gasteiger partial charge is 0.315 e. The van der Waals surface area contributed by atoms with Gasteiger partial charge in [-0.25, -0.2) is 0 Å². The van der Waals surface area contributed by atoms with Crippen LogP contribution in [-0.2, 0) is 16.5 Å². The van der Waals surface area contributed by atoms with Gasteiger partial charge in [-0.1, -0.05) is 59.3 Å². The molecule has 4 nitrogen and oxygen atoms in total. The third kappa shape index (κ3) is 14.6. The molecule has 2 atom stereocenters. The van der Waals surface area contributed by atoms with E-state index < -0.39 is 43.0 Å². The summed E-state index contributed by atoms with van der Waals surface area (Å²) in [4.78, 5) is 0. The van der Waals surface area contributed by atoms with Crippen molar-refractivity contribution in [2.45, 2.75) is 130 Å². The van der Waals surface area contributed by atoms with Gasteiger partial charge in [-0.3, -0.25) is 0 Å². The quantitative estimate of drug-likeness (QED) is 0.195. The Kier molecular flexibility index (Phi) is 13.9. The molecule has 0 radical (unpaired) electrons. The second kappa shape index (κ2) is 13.5. The summed E-state index contributed by atoms with van der Waals surface area (Å²) in [6, 6.07) is 3.51. The number of rotatable bonds is 17. The molecule has 176 valence electrons. The standard InChI is InChI=1S/C20H52O4Si5/c1-12-15-18-26(5,6)21-25(4)22-28(9,10)24-29(11,20-17-14-3)23-27(7,8)19-16-13-2/h25H,12-20H2,1-11H3. The molecule has 0 rings (SSSR count). The average molecular weight is 497 g/mol. The molecule has 0 aliphatic rings. The summed E-state index contributed by atoms with van der Waals surface area (Å²) in [5, 5.41) is 0. The second-order valence-corrected chi connectivity index (χ2v) is 28.6. The molecule has 29 heavy (non-hydrogen) atoms. The molecular formula is C20H52O4Si5. The zero-order valence-electron chi connectivity index (χ0n) is 21.6. The van der Waals surface area contributed by atoms with Crippen LogP contribution in [0, 0.1) is 0 Å².